The van der Waals surface area contributed by atoms with Crippen LogP contribution in [0.4, 0.5) is 14.9 Å². The van der Waals surface area contributed by atoms with Crippen LogP contribution in [-0.4, -0.2) is 61.8 Å². The van der Waals surface area contributed by atoms with Crippen LogP contribution < -0.4 is 4.90 Å². The quantitative estimate of drug-likeness (QED) is 0.688. The van der Waals surface area contributed by atoms with Crippen LogP contribution in [0.1, 0.15) is 24.8 Å². The normalized spacial score (nSPS) is 18.2. The summed E-state index contributed by atoms with van der Waals surface area (Å²) in [6.07, 6.45) is 3.07. The third-order valence-electron chi connectivity index (χ3n) is 6.44. The van der Waals surface area contributed by atoms with E-state index < -0.39 is 0 Å². The molecular formula is C25H32FN3O2. The van der Waals surface area contributed by atoms with Gasteiger partial charge in [0.25, 0.3) is 0 Å². The van der Waals surface area contributed by atoms with Gasteiger partial charge in [-0.15, -0.1) is 0 Å². The lowest BCUT2D eigenvalue weighted by Crippen LogP contribution is -2.49. The molecule has 1 amide bonds. The fraction of sp³-hybridized carbons (Fsp3) is 0.480. The van der Waals surface area contributed by atoms with Crippen LogP contribution in [-0.2, 0) is 11.3 Å². The summed E-state index contributed by atoms with van der Waals surface area (Å²) in [5.74, 6) is 0.406. The number of amides is 1. The molecule has 4 rings (SSSR count). The van der Waals surface area contributed by atoms with Gasteiger partial charge >= 0.3 is 6.09 Å². The summed E-state index contributed by atoms with van der Waals surface area (Å²) in [4.78, 5) is 18.9. The van der Waals surface area contributed by atoms with Crippen molar-refractivity contribution in [1.82, 2.24) is 9.80 Å². The maximum Gasteiger partial charge on any atom is 0.409 e. The van der Waals surface area contributed by atoms with Crippen molar-refractivity contribution in [2.75, 3.05) is 50.8 Å². The molecule has 2 aliphatic heterocycles. The molecule has 0 radical (unpaired) electrons. The first-order valence-electron chi connectivity index (χ1n) is 11.4. The van der Waals surface area contributed by atoms with E-state index in [1.807, 2.05) is 0 Å². The van der Waals surface area contributed by atoms with Gasteiger partial charge in [-0.05, 0) is 68.1 Å². The van der Waals surface area contributed by atoms with E-state index in [-0.39, 0.29) is 11.9 Å². The van der Waals surface area contributed by atoms with Gasteiger partial charge in [-0.25, -0.2) is 9.18 Å². The molecule has 2 heterocycles. The number of benzene rings is 2. The van der Waals surface area contributed by atoms with Crippen molar-refractivity contribution in [3.63, 3.8) is 0 Å². The minimum Gasteiger partial charge on any atom is -0.449 e. The number of rotatable bonds is 6. The SMILES string of the molecule is O=C(OCCC1CCN(Cc2ccccc2)CC1)N1CCN(c2ccc(F)cc2)CC1. The molecule has 0 atom stereocenters. The van der Waals surface area contributed by atoms with Gasteiger partial charge in [-0.3, -0.25) is 4.90 Å². The van der Waals surface area contributed by atoms with Crippen LogP contribution in [0.25, 0.3) is 0 Å². The molecule has 2 aromatic rings. The summed E-state index contributed by atoms with van der Waals surface area (Å²) >= 11 is 0. The Morgan fingerprint density at radius 3 is 2.26 bits per heavy atom. The zero-order valence-electron chi connectivity index (χ0n) is 18.1. The summed E-state index contributed by atoms with van der Waals surface area (Å²) in [7, 11) is 0. The van der Waals surface area contributed by atoms with Crippen LogP contribution in [0.5, 0.6) is 0 Å². The Labute approximate surface area is 184 Å². The minimum atomic E-state index is -0.229. The van der Waals surface area contributed by atoms with Crippen molar-refractivity contribution in [3.05, 3.63) is 66.0 Å². The van der Waals surface area contributed by atoms with E-state index in [2.05, 4.69) is 40.1 Å². The zero-order valence-corrected chi connectivity index (χ0v) is 18.1. The third-order valence-corrected chi connectivity index (χ3v) is 6.44. The van der Waals surface area contributed by atoms with Crippen LogP contribution in [0, 0.1) is 11.7 Å². The molecular weight excluding hydrogens is 393 g/mol. The summed E-state index contributed by atoms with van der Waals surface area (Å²) in [5, 5.41) is 0. The Hall–Kier alpha value is -2.60. The molecule has 2 saturated heterocycles. The Balaban J connectivity index is 1.11. The molecule has 31 heavy (non-hydrogen) atoms. The number of likely N-dealkylation sites (tertiary alicyclic amines) is 1. The Bertz CT molecular complexity index is 814. The van der Waals surface area contributed by atoms with E-state index in [1.54, 1.807) is 17.0 Å². The van der Waals surface area contributed by atoms with Crippen molar-refractivity contribution in [2.45, 2.75) is 25.8 Å². The summed E-state index contributed by atoms with van der Waals surface area (Å²) in [5.41, 5.74) is 2.36. The highest BCUT2D eigenvalue weighted by molar-refractivity contribution is 5.68. The van der Waals surface area contributed by atoms with E-state index in [0.29, 0.717) is 25.6 Å². The highest BCUT2D eigenvalue weighted by Crippen LogP contribution is 2.22. The number of hydrogen-bond donors (Lipinski definition) is 0. The lowest BCUT2D eigenvalue weighted by Gasteiger charge is -2.35. The van der Waals surface area contributed by atoms with Crippen molar-refractivity contribution >= 4 is 11.8 Å². The fourth-order valence-corrected chi connectivity index (χ4v) is 4.48. The van der Waals surface area contributed by atoms with E-state index in [0.717, 1.165) is 44.8 Å². The first kappa shape index (κ1) is 21.6. The molecule has 2 aliphatic rings. The van der Waals surface area contributed by atoms with Crippen molar-refractivity contribution in [1.29, 1.82) is 0 Å². The molecule has 0 N–H and O–H groups in total. The van der Waals surface area contributed by atoms with Crippen LogP contribution in [0.15, 0.2) is 54.6 Å². The summed E-state index contributed by atoms with van der Waals surface area (Å²) in [6, 6.07) is 17.1. The van der Waals surface area contributed by atoms with E-state index in [4.69, 9.17) is 4.74 Å². The number of anilines is 1. The van der Waals surface area contributed by atoms with Crippen molar-refractivity contribution in [3.8, 4) is 0 Å². The second-order valence-corrected chi connectivity index (χ2v) is 8.56. The lowest BCUT2D eigenvalue weighted by molar-refractivity contribution is 0.0874. The summed E-state index contributed by atoms with van der Waals surface area (Å²) in [6.45, 7) is 6.48. The maximum atomic E-state index is 13.1. The Morgan fingerprint density at radius 1 is 0.903 bits per heavy atom. The molecule has 6 heteroatoms. The molecule has 0 aromatic heterocycles. The Kier molecular flexibility index (Phi) is 7.41. The highest BCUT2D eigenvalue weighted by atomic mass is 19.1. The average molecular weight is 426 g/mol. The first-order valence-corrected chi connectivity index (χ1v) is 11.4. The predicted octanol–water partition coefficient (Wildman–Crippen LogP) is 4.39. The topological polar surface area (TPSA) is 36.0 Å². The molecule has 0 spiro atoms. The molecule has 0 bridgehead atoms. The Morgan fingerprint density at radius 2 is 1.58 bits per heavy atom. The number of piperidine rings is 1. The van der Waals surface area contributed by atoms with E-state index in [9.17, 15) is 9.18 Å². The molecule has 2 aromatic carbocycles. The van der Waals surface area contributed by atoms with Crippen molar-refractivity contribution < 1.29 is 13.9 Å². The second kappa shape index (κ2) is 10.6. The first-order chi connectivity index (χ1) is 15.2. The van der Waals surface area contributed by atoms with Gasteiger partial charge in [-0.1, -0.05) is 30.3 Å². The monoisotopic (exact) mass is 425 g/mol. The third kappa shape index (κ3) is 6.20. The predicted molar refractivity (Wildman–Crippen MR) is 121 cm³/mol. The van der Waals surface area contributed by atoms with Gasteiger partial charge in [0.05, 0.1) is 6.61 Å². The van der Waals surface area contributed by atoms with Crippen LogP contribution in [0.2, 0.25) is 0 Å². The lowest BCUT2D eigenvalue weighted by atomic mass is 9.93. The number of nitrogens with zero attached hydrogens (tertiary/aromatic N) is 3. The molecule has 2 fully saturated rings. The van der Waals surface area contributed by atoms with Gasteiger partial charge in [0.15, 0.2) is 0 Å². The highest BCUT2D eigenvalue weighted by Gasteiger charge is 2.23. The van der Waals surface area contributed by atoms with Crippen molar-refractivity contribution in [2.24, 2.45) is 5.92 Å². The number of carbonyl (C=O) groups excluding carboxylic acids is 1. The van der Waals surface area contributed by atoms with E-state index in [1.165, 1.54) is 30.5 Å². The number of ether oxygens (including phenoxy) is 1. The maximum absolute atomic E-state index is 13.1. The number of hydrogen-bond acceptors (Lipinski definition) is 4. The minimum absolute atomic E-state index is 0.208. The molecule has 0 saturated carbocycles. The smallest absolute Gasteiger partial charge is 0.409 e. The molecule has 166 valence electrons. The van der Waals surface area contributed by atoms with Gasteiger partial charge in [0, 0.05) is 38.4 Å². The van der Waals surface area contributed by atoms with E-state index >= 15 is 0 Å². The average Bonchev–Trinajstić information content (AvgIpc) is 2.81. The zero-order chi connectivity index (χ0) is 21.5. The number of piperazine rings is 1. The molecule has 5 nitrogen and oxygen atoms in total. The molecule has 0 aliphatic carbocycles. The molecule has 0 unspecified atom stereocenters. The second-order valence-electron chi connectivity index (χ2n) is 8.56. The number of carbonyl (C=O) groups is 1. The fourth-order valence-electron chi connectivity index (χ4n) is 4.48. The summed E-state index contributed by atoms with van der Waals surface area (Å²) < 4.78 is 18.7. The van der Waals surface area contributed by atoms with Gasteiger partial charge in [0.2, 0.25) is 0 Å². The van der Waals surface area contributed by atoms with Gasteiger partial charge in [0.1, 0.15) is 5.82 Å². The largest absolute Gasteiger partial charge is 0.449 e. The van der Waals surface area contributed by atoms with Gasteiger partial charge < -0.3 is 14.5 Å². The van der Waals surface area contributed by atoms with Crippen LogP contribution >= 0.6 is 0 Å². The standard InChI is InChI=1S/C25H32FN3O2/c26-23-6-8-24(9-7-23)28-15-17-29(18-16-28)25(30)31-19-12-21-10-13-27(14-11-21)20-22-4-2-1-3-5-22/h1-9,21H,10-20H2. The van der Waals surface area contributed by atoms with Gasteiger partial charge in [-0.2, -0.15) is 0 Å². The number of halogens is 1. The van der Waals surface area contributed by atoms with Crippen LogP contribution in [0.3, 0.4) is 0 Å².